The molecule has 0 unspecified atom stereocenters. The summed E-state index contributed by atoms with van der Waals surface area (Å²) < 4.78 is 5.81. The van der Waals surface area contributed by atoms with E-state index in [0.29, 0.717) is 30.8 Å². The van der Waals surface area contributed by atoms with Gasteiger partial charge in [-0.2, -0.15) is 0 Å². The molecule has 1 amide bonds. The topological polar surface area (TPSA) is 46.6 Å². The molecule has 4 heteroatoms. The molecule has 1 heterocycles. The molecule has 0 radical (unpaired) electrons. The van der Waals surface area contributed by atoms with E-state index in [0.717, 1.165) is 25.7 Å². The van der Waals surface area contributed by atoms with E-state index in [1.165, 1.54) is 30.4 Å². The Morgan fingerprint density at radius 1 is 1.04 bits per heavy atom. The van der Waals surface area contributed by atoms with Gasteiger partial charge in [-0.1, -0.05) is 24.3 Å². The van der Waals surface area contributed by atoms with Gasteiger partial charge in [0.25, 0.3) is 5.91 Å². The minimum Gasteiger partial charge on any atom is -0.452 e. The van der Waals surface area contributed by atoms with Crippen LogP contribution in [0.2, 0.25) is 0 Å². The third-order valence-corrected chi connectivity index (χ3v) is 7.55. The Bertz CT molecular complexity index is 735. The third-order valence-electron chi connectivity index (χ3n) is 7.55. The van der Waals surface area contributed by atoms with Gasteiger partial charge in [0.2, 0.25) is 0 Å². The number of hydrogen-bond donors (Lipinski definition) is 0. The molecule has 4 aliphatic carbocycles. The van der Waals surface area contributed by atoms with Crippen LogP contribution in [-0.4, -0.2) is 29.4 Å². The highest BCUT2D eigenvalue weighted by Gasteiger charge is 2.56. The Hall–Kier alpha value is -1.84. The zero-order valence-electron chi connectivity index (χ0n) is 16.2. The molecule has 0 aromatic heterocycles. The number of benzene rings is 1. The second-order valence-corrected chi connectivity index (χ2v) is 9.52. The van der Waals surface area contributed by atoms with E-state index in [2.05, 4.69) is 12.1 Å². The molecular formula is C23H29NO3. The largest absolute Gasteiger partial charge is 0.452 e. The van der Waals surface area contributed by atoms with Crippen LogP contribution in [0.1, 0.15) is 56.6 Å². The van der Waals surface area contributed by atoms with Gasteiger partial charge in [-0.05, 0) is 80.8 Å². The average molecular weight is 367 g/mol. The van der Waals surface area contributed by atoms with Crippen molar-refractivity contribution in [2.24, 2.45) is 23.2 Å². The molecule has 144 valence electrons. The molecule has 4 nitrogen and oxygen atoms in total. The quantitative estimate of drug-likeness (QED) is 0.765. The molecule has 4 saturated carbocycles. The Morgan fingerprint density at radius 2 is 1.63 bits per heavy atom. The van der Waals surface area contributed by atoms with Crippen LogP contribution in [0.3, 0.4) is 0 Å². The Labute approximate surface area is 161 Å². The van der Waals surface area contributed by atoms with Crippen molar-refractivity contribution in [2.75, 3.05) is 6.54 Å². The molecule has 0 saturated heterocycles. The molecule has 1 aromatic rings. The van der Waals surface area contributed by atoms with Crippen molar-refractivity contribution in [3.63, 3.8) is 0 Å². The molecule has 4 fully saturated rings. The first kappa shape index (κ1) is 17.3. The number of amides is 1. The van der Waals surface area contributed by atoms with E-state index in [-0.39, 0.29) is 17.3 Å². The van der Waals surface area contributed by atoms with Gasteiger partial charge in [-0.25, -0.2) is 0 Å². The fourth-order valence-corrected chi connectivity index (χ4v) is 6.64. The smallest absolute Gasteiger partial charge is 0.312 e. The summed E-state index contributed by atoms with van der Waals surface area (Å²) in [5.74, 6) is 1.96. The normalized spacial score (nSPS) is 34.9. The van der Waals surface area contributed by atoms with Crippen LogP contribution in [0.25, 0.3) is 0 Å². The van der Waals surface area contributed by atoms with Crippen LogP contribution < -0.4 is 0 Å². The summed E-state index contributed by atoms with van der Waals surface area (Å²) in [6.07, 6.45) is 7.03. The summed E-state index contributed by atoms with van der Waals surface area (Å²) >= 11 is 0. The van der Waals surface area contributed by atoms with E-state index in [1.54, 1.807) is 6.92 Å². The standard InChI is InChI=1S/C23H29NO3/c1-15(21(25)24-7-6-19-4-2-3-5-20(19)14-24)27-22(26)23-11-16-8-17(12-23)10-18(9-16)13-23/h2-5,15-18H,6-14H2,1H3/t15-,16?,17?,18?,23?/m0/s1. The second kappa shape index (κ2) is 6.35. The predicted molar refractivity (Wildman–Crippen MR) is 102 cm³/mol. The highest BCUT2D eigenvalue weighted by atomic mass is 16.5. The molecule has 27 heavy (non-hydrogen) atoms. The summed E-state index contributed by atoms with van der Waals surface area (Å²) in [6, 6.07) is 8.28. The van der Waals surface area contributed by atoms with Gasteiger partial charge >= 0.3 is 5.97 Å². The second-order valence-electron chi connectivity index (χ2n) is 9.52. The molecule has 0 N–H and O–H groups in total. The van der Waals surface area contributed by atoms with Crippen LogP contribution in [0.4, 0.5) is 0 Å². The van der Waals surface area contributed by atoms with Gasteiger partial charge in [-0.3, -0.25) is 9.59 Å². The van der Waals surface area contributed by atoms with Gasteiger partial charge in [0.05, 0.1) is 5.41 Å². The summed E-state index contributed by atoms with van der Waals surface area (Å²) in [6.45, 7) is 3.07. The summed E-state index contributed by atoms with van der Waals surface area (Å²) in [5.41, 5.74) is 2.23. The van der Waals surface area contributed by atoms with E-state index in [4.69, 9.17) is 4.74 Å². The Morgan fingerprint density at radius 3 is 2.26 bits per heavy atom. The average Bonchev–Trinajstić information content (AvgIpc) is 2.66. The molecule has 1 aromatic carbocycles. The number of ether oxygens (including phenoxy) is 1. The van der Waals surface area contributed by atoms with E-state index >= 15 is 0 Å². The van der Waals surface area contributed by atoms with Crippen LogP contribution in [0.15, 0.2) is 24.3 Å². The Kier molecular flexibility index (Phi) is 4.06. The van der Waals surface area contributed by atoms with Crippen molar-refractivity contribution in [3.05, 3.63) is 35.4 Å². The summed E-state index contributed by atoms with van der Waals surface area (Å²) in [5, 5.41) is 0. The highest BCUT2D eigenvalue weighted by molar-refractivity contribution is 5.85. The van der Waals surface area contributed by atoms with Crippen LogP contribution in [0.5, 0.6) is 0 Å². The number of fused-ring (bicyclic) bond motifs is 1. The number of hydrogen-bond acceptors (Lipinski definition) is 3. The monoisotopic (exact) mass is 367 g/mol. The zero-order valence-corrected chi connectivity index (χ0v) is 16.2. The van der Waals surface area contributed by atoms with Gasteiger partial charge < -0.3 is 9.64 Å². The summed E-state index contributed by atoms with van der Waals surface area (Å²) in [7, 11) is 0. The van der Waals surface area contributed by atoms with Crippen molar-refractivity contribution in [3.8, 4) is 0 Å². The lowest BCUT2D eigenvalue weighted by Crippen LogP contribution is -2.52. The molecule has 6 rings (SSSR count). The van der Waals surface area contributed by atoms with Gasteiger partial charge in [0, 0.05) is 13.1 Å². The van der Waals surface area contributed by atoms with Crippen LogP contribution in [0, 0.1) is 23.2 Å². The van der Waals surface area contributed by atoms with Gasteiger partial charge in [0.15, 0.2) is 6.10 Å². The molecule has 5 aliphatic rings. The fraction of sp³-hybridized carbons (Fsp3) is 0.652. The zero-order chi connectivity index (χ0) is 18.6. The maximum atomic E-state index is 13.1. The maximum Gasteiger partial charge on any atom is 0.312 e. The lowest BCUT2D eigenvalue weighted by atomic mass is 9.49. The maximum absolute atomic E-state index is 13.1. The molecule has 0 spiro atoms. The van der Waals surface area contributed by atoms with E-state index < -0.39 is 6.10 Å². The third kappa shape index (κ3) is 2.97. The van der Waals surface area contributed by atoms with Crippen molar-refractivity contribution < 1.29 is 14.3 Å². The number of carbonyl (C=O) groups is 2. The number of rotatable bonds is 3. The highest BCUT2D eigenvalue weighted by Crippen LogP contribution is 2.60. The SMILES string of the molecule is C[C@H](OC(=O)C12CC3CC(CC(C3)C1)C2)C(=O)N1CCc2ccccc2C1. The Balaban J connectivity index is 1.25. The molecule has 1 atom stereocenters. The number of esters is 1. The summed E-state index contributed by atoms with van der Waals surface area (Å²) in [4.78, 5) is 27.9. The van der Waals surface area contributed by atoms with Crippen LogP contribution in [-0.2, 0) is 27.3 Å². The molecular weight excluding hydrogens is 338 g/mol. The van der Waals surface area contributed by atoms with E-state index in [9.17, 15) is 9.59 Å². The number of carbonyl (C=O) groups excluding carboxylic acids is 2. The lowest BCUT2D eigenvalue weighted by Gasteiger charge is -2.55. The first-order valence-corrected chi connectivity index (χ1v) is 10.6. The van der Waals surface area contributed by atoms with Gasteiger partial charge in [-0.15, -0.1) is 0 Å². The van der Waals surface area contributed by atoms with Crippen molar-refractivity contribution in [2.45, 2.75) is 64.5 Å². The minimum absolute atomic E-state index is 0.0532. The number of nitrogens with zero attached hydrogens (tertiary/aromatic N) is 1. The molecule has 1 aliphatic heterocycles. The van der Waals surface area contributed by atoms with Crippen molar-refractivity contribution in [1.82, 2.24) is 4.90 Å². The fourth-order valence-electron chi connectivity index (χ4n) is 6.64. The lowest BCUT2D eigenvalue weighted by molar-refractivity contribution is -0.180. The van der Waals surface area contributed by atoms with Crippen molar-refractivity contribution >= 4 is 11.9 Å². The predicted octanol–water partition coefficient (Wildman–Crippen LogP) is 3.72. The first-order chi connectivity index (χ1) is 13.0. The minimum atomic E-state index is -0.684. The first-order valence-electron chi connectivity index (χ1n) is 10.6. The molecule has 4 bridgehead atoms. The van der Waals surface area contributed by atoms with E-state index in [1.807, 2.05) is 17.0 Å². The van der Waals surface area contributed by atoms with Crippen molar-refractivity contribution in [1.29, 1.82) is 0 Å². The van der Waals surface area contributed by atoms with Gasteiger partial charge in [0.1, 0.15) is 0 Å². The van der Waals surface area contributed by atoms with Crippen LogP contribution >= 0.6 is 0 Å².